The topological polar surface area (TPSA) is 94.2 Å². The van der Waals surface area contributed by atoms with Crippen molar-refractivity contribution in [2.45, 2.75) is 64.6 Å². The van der Waals surface area contributed by atoms with E-state index < -0.39 is 12.0 Å². The molecule has 194 valence electrons. The molecule has 0 aromatic heterocycles. The highest BCUT2D eigenvalue weighted by Gasteiger charge is 2.29. The van der Waals surface area contributed by atoms with E-state index in [-0.39, 0.29) is 43.5 Å². The third-order valence-corrected chi connectivity index (χ3v) is 6.44. The molecule has 1 heterocycles. The Balaban J connectivity index is 1.63. The molecule has 1 N–H and O–H groups in total. The van der Waals surface area contributed by atoms with E-state index in [1.807, 2.05) is 11.0 Å². The third-order valence-electron chi connectivity index (χ3n) is 6.44. The Bertz CT molecular complexity index is 1030. The van der Waals surface area contributed by atoms with Crippen molar-refractivity contribution in [2.75, 3.05) is 20.3 Å². The second-order valence-corrected chi connectivity index (χ2v) is 9.05. The van der Waals surface area contributed by atoms with E-state index >= 15 is 0 Å². The minimum atomic E-state index is -0.589. The lowest BCUT2D eigenvalue weighted by atomic mass is 9.97. The van der Waals surface area contributed by atoms with E-state index in [9.17, 15) is 14.4 Å². The van der Waals surface area contributed by atoms with Gasteiger partial charge in [0.1, 0.15) is 11.5 Å². The van der Waals surface area contributed by atoms with Crippen LogP contribution in [0.5, 0.6) is 11.5 Å². The molecule has 8 nitrogen and oxygen atoms in total. The predicted octanol–water partition coefficient (Wildman–Crippen LogP) is 4.29. The lowest BCUT2D eigenvalue weighted by Gasteiger charge is -2.38. The molecule has 3 unspecified atom stereocenters. The van der Waals surface area contributed by atoms with E-state index in [0.717, 1.165) is 24.8 Å². The van der Waals surface area contributed by atoms with Gasteiger partial charge in [-0.25, -0.2) is 0 Å². The molecule has 3 atom stereocenters. The number of hydrogen-bond acceptors (Lipinski definition) is 6. The average Bonchev–Trinajstić information content (AvgIpc) is 2.87. The van der Waals surface area contributed by atoms with E-state index in [1.165, 1.54) is 0 Å². The summed E-state index contributed by atoms with van der Waals surface area (Å²) >= 11 is 0. The van der Waals surface area contributed by atoms with Crippen molar-refractivity contribution >= 4 is 17.8 Å². The molecular weight excluding hydrogens is 460 g/mol. The molecule has 2 aromatic rings. The number of ether oxygens (including phenoxy) is 3. The zero-order valence-corrected chi connectivity index (χ0v) is 21.5. The second kappa shape index (κ2) is 13.0. The van der Waals surface area contributed by atoms with Crippen molar-refractivity contribution < 1.29 is 28.6 Å². The maximum Gasteiger partial charge on any atom is 0.308 e. The van der Waals surface area contributed by atoms with Gasteiger partial charge in [0.05, 0.1) is 26.2 Å². The highest BCUT2D eigenvalue weighted by molar-refractivity contribution is 5.94. The van der Waals surface area contributed by atoms with Crippen LogP contribution >= 0.6 is 0 Å². The number of piperidine rings is 1. The number of carbonyl (C=O) groups is 3. The molecule has 2 amide bonds. The molecule has 2 aromatic carbocycles. The van der Waals surface area contributed by atoms with E-state index in [1.54, 1.807) is 56.5 Å². The fourth-order valence-corrected chi connectivity index (χ4v) is 4.57. The average molecular weight is 497 g/mol. The van der Waals surface area contributed by atoms with Crippen LogP contribution in [0.15, 0.2) is 48.5 Å². The van der Waals surface area contributed by atoms with Gasteiger partial charge in [-0.1, -0.05) is 12.1 Å². The molecule has 1 aliphatic rings. The van der Waals surface area contributed by atoms with Crippen LogP contribution in [-0.4, -0.2) is 55.1 Å². The molecule has 1 fully saturated rings. The first kappa shape index (κ1) is 27.0. The van der Waals surface area contributed by atoms with Crippen molar-refractivity contribution in [3.8, 4) is 11.5 Å². The molecule has 0 saturated carbocycles. The summed E-state index contributed by atoms with van der Waals surface area (Å²) in [6, 6.07) is 13.6. The van der Waals surface area contributed by atoms with Crippen molar-refractivity contribution in [1.82, 2.24) is 10.2 Å². The van der Waals surface area contributed by atoms with Crippen LogP contribution < -0.4 is 14.8 Å². The molecule has 0 bridgehead atoms. The van der Waals surface area contributed by atoms with Crippen LogP contribution in [0, 0.1) is 0 Å². The Morgan fingerprint density at radius 2 is 1.72 bits per heavy atom. The van der Waals surface area contributed by atoms with Gasteiger partial charge in [-0.3, -0.25) is 14.4 Å². The minimum absolute atomic E-state index is 0.0105. The van der Waals surface area contributed by atoms with E-state index in [4.69, 9.17) is 14.2 Å². The first-order chi connectivity index (χ1) is 17.3. The Kier molecular flexibility index (Phi) is 9.73. The van der Waals surface area contributed by atoms with Crippen LogP contribution in [0.3, 0.4) is 0 Å². The smallest absolute Gasteiger partial charge is 0.308 e. The molecule has 8 heteroatoms. The van der Waals surface area contributed by atoms with Crippen molar-refractivity contribution in [3.05, 3.63) is 59.7 Å². The first-order valence-electron chi connectivity index (χ1n) is 12.5. The van der Waals surface area contributed by atoms with Gasteiger partial charge >= 0.3 is 5.97 Å². The summed E-state index contributed by atoms with van der Waals surface area (Å²) in [4.78, 5) is 39.8. The molecule has 0 radical (unpaired) electrons. The Morgan fingerprint density at radius 1 is 1.03 bits per heavy atom. The van der Waals surface area contributed by atoms with Crippen LogP contribution in [0.2, 0.25) is 0 Å². The first-order valence-corrected chi connectivity index (χ1v) is 12.5. The van der Waals surface area contributed by atoms with E-state index in [0.29, 0.717) is 17.1 Å². The lowest BCUT2D eigenvalue weighted by Crippen LogP contribution is -2.49. The molecule has 1 aliphatic heterocycles. The standard InChI is InChI=1S/C28H36N2O6/c1-5-35-27(32)17-25(22-10-7-11-24(16-22)34-4)29-28(33)21-12-14-23(15-13-21)36-18-26(31)30-19(2)8-6-9-20(30)3/h7,10-16,19-20,25H,5-6,8-9,17-18H2,1-4H3,(H,29,33). The van der Waals surface area contributed by atoms with Gasteiger partial charge in [0.25, 0.3) is 11.8 Å². The number of nitrogens with one attached hydrogen (secondary N) is 1. The summed E-state index contributed by atoms with van der Waals surface area (Å²) in [5, 5.41) is 2.92. The summed E-state index contributed by atoms with van der Waals surface area (Å²) in [6.07, 6.45) is 3.14. The molecule has 0 spiro atoms. The molecular formula is C28H36N2O6. The summed E-state index contributed by atoms with van der Waals surface area (Å²) in [7, 11) is 1.56. The van der Waals surface area contributed by atoms with Gasteiger partial charge in [-0.2, -0.15) is 0 Å². The van der Waals surface area contributed by atoms with Crippen molar-refractivity contribution in [2.24, 2.45) is 0 Å². The number of amides is 2. The number of likely N-dealkylation sites (tertiary alicyclic amines) is 1. The van der Waals surface area contributed by atoms with Gasteiger partial charge in [0.15, 0.2) is 6.61 Å². The maximum atomic E-state index is 13.0. The normalized spacial score (nSPS) is 18.2. The Morgan fingerprint density at radius 3 is 2.36 bits per heavy atom. The number of hydrogen-bond donors (Lipinski definition) is 1. The maximum absolute atomic E-state index is 13.0. The predicted molar refractivity (Wildman–Crippen MR) is 136 cm³/mol. The monoisotopic (exact) mass is 496 g/mol. The second-order valence-electron chi connectivity index (χ2n) is 9.05. The van der Waals surface area contributed by atoms with Crippen LogP contribution in [0.1, 0.15) is 68.4 Å². The Hall–Kier alpha value is -3.55. The fourth-order valence-electron chi connectivity index (χ4n) is 4.57. The summed E-state index contributed by atoms with van der Waals surface area (Å²) < 4.78 is 16.1. The van der Waals surface area contributed by atoms with Crippen LogP contribution in [0.25, 0.3) is 0 Å². The number of nitrogens with zero attached hydrogens (tertiary/aromatic N) is 1. The van der Waals surface area contributed by atoms with Gasteiger partial charge in [-0.05, 0) is 82.0 Å². The van der Waals surface area contributed by atoms with Crippen molar-refractivity contribution in [3.63, 3.8) is 0 Å². The van der Waals surface area contributed by atoms with Gasteiger partial charge in [0.2, 0.25) is 0 Å². The minimum Gasteiger partial charge on any atom is -0.497 e. The number of rotatable bonds is 10. The number of benzene rings is 2. The van der Waals surface area contributed by atoms with Gasteiger partial charge in [-0.15, -0.1) is 0 Å². The quantitative estimate of drug-likeness (QED) is 0.493. The highest BCUT2D eigenvalue weighted by atomic mass is 16.5. The Labute approximate surface area is 212 Å². The summed E-state index contributed by atoms with van der Waals surface area (Å²) in [6.45, 7) is 6.10. The zero-order valence-electron chi connectivity index (χ0n) is 21.5. The van der Waals surface area contributed by atoms with Crippen molar-refractivity contribution in [1.29, 1.82) is 0 Å². The molecule has 0 aliphatic carbocycles. The molecule has 3 rings (SSSR count). The zero-order chi connectivity index (χ0) is 26.1. The summed E-state index contributed by atoms with van der Waals surface area (Å²) in [5.41, 5.74) is 1.14. The SMILES string of the molecule is CCOC(=O)CC(NC(=O)c1ccc(OCC(=O)N2C(C)CCCC2C)cc1)c1cccc(OC)c1. The van der Waals surface area contributed by atoms with E-state index in [2.05, 4.69) is 19.2 Å². The highest BCUT2D eigenvalue weighted by Crippen LogP contribution is 2.24. The lowest BCUT2D eigenvalue weighted by molar-refractivity contribution is -0.143. The van der Waals surface area contributed by atoms with Gasteiger partial charge in [0, 0.05) is 17.6 Å². The number of carbonyl (C=O) groups excluding carboxylic acids is 3. The van der Waals surface area contributed by atoms with Crippen LogP contribution in [0.4, 0.5) is 0 Å². The fraction of sp³-hybridized carbons (Fsp3) is 0.464. The largest absolute Gasteiger partial charge is 0.497 e. The summed E-state index contributed by atoms with van der Waals surface area (Å²) in [5.74, 6) is 0.354. The van der Waals surface area contributed by atoms with Gasteiger partial charge < -0.3 is 24.4 Å². The third kappa shape index (κ3) is 7.23. The van der Waals surface area contributed by atoms with Crippen LogP contribution in [-0.2, 0) is 14.3 Å². The molecule has 36 heavy (non-hydrogen) atoms. The molecule has 1 saturated heterocycles. The number of esters is 1. The number of methoxy groups -OCH3 is 1.